The normalized spacial score (nSPS) is 10.2. The Kier molecular flexibility index (Phi) is 5.72. The Morgan fingerprint density at radius 2 is 1.84 bits per heavy atom. The first-order chi connectivity index (χ1) is 15.5. The van der Waals surface area contributed by atoms with E-state index in [0.29, 0.717) is 16.5 Å². The predicted molar refractivity (Wildman–Crippen MR) is 116 cm³/mol. The van der Waals surface area contributed by atoms with Crippen LogP contribution in [0, 0.1) is 22.0 Å². The van der Waals surface area contributed by atoms with Crippen LogP contribution in [0.25, 0.3) is 10.9 Å². The van der Waals surface area contributed by atoms with Gasteiger partial charge in [-0.25, -0.2) is 9.78 Å². The summed E-state index contributed by atoms with van der Waals surface area (Å²) in [6.45, 7) is 0.151. The summed E-state index contributed by atoms with van der Waals surface area (Å²) < 4.78 is 5.86. The van der Waals surface area contributed by atoms with Crippen molar-refractivity contribution in [3.63, 3.8) is 0 Å². The van der Waals surface area contributed by atoms with Crippen molar-refractivity contribution < 1.29 is 19.6 Å². The second kappa shape index (κ2) is 8.93. The monoisotopic (exact) mass is 425 g/mol. The Morgan fingerprint density at radius 3 is 2.53 bits per heavy atom. The van der Waals surface area contributed by atoms with Crippen LogP contribution >= 0.6 is 0 Å². The number of hydrogen-bond donors (Lipinski definition) is 1. The number of non-ortho nitro benzene ring substituents is 1. The smallest absolute Gasteiger partial charge is 0.354 e. The molecule has 4 rings (SSSR count). The standard InChI is InChI=1S/C24H15N3O5/c28-24(29)20-13-22(32-15-17-5-2-1-3-6-17)19-11-18(9-8-16-7-4-10-25-14-16)12-21(27(30)31)23(19)26-20/h1-7,10-14H,15H2,(H,28,29). The number of nitro groups is 1. The summed E-state index contributed by atoms with van der Waals surface area (Å²) in [5.41, 5.74) is 1.09. The van der Waals surface area contributed by atoms with Crippen LogP contribution in [0.2, 0.25) is 0 Å². The molecule has 0 fully saturated rings. The maximum absolute atomic E-state index is 11.7. The highest BCUT2D eigenvalue weighted by Crippen LogP contribution is 2.33. The zero-order valence-electron chi connectivity index (χ0n) is 16.6. The van der Waals surface area contributed by atoms with Gasteiger partial charge >= 0.3 is 5.97 Å². The molecule has 0 amide bonds. The van der Waals surface area contributed by atoms with Crippen molar-refractivity contribution in [3.8, 4) is 17.6 Å². The van der Waals surface area contributed by atoms with Gasteiger partial charge in [-0.05, 0) is 23.8 Å². The number of aromatic carboxylic acids is 1. The quantitative estimate of drug-likeness (QED) is 0.289. The van der Waals surface area contributed by atoms with Gasteiger partial charge in [0.15, 0.2) is 11.2 Å². The molecule has 8 heteroatoms. The van der Waals surface area contributed by atoms with Crippen molar-refractivity contribution in [1.82, 2.24) is 9.97 Å². The van der Waals surface area contributed by atoms with Crippen molar-refractivity contribution in [1.29, 1.82) is 0 Å². The van der Waals surface area contributed by atoms with Crippen LogP contribution < -0.4 is 4.74 Å². The Balaban J connectivity index is 1.86. The number of hydrogen-bond acceptors (Lipinski definition) is 6. The Morgan fingerprint density at radius 1 is 1.06 bits per heavy atom. The van der Waals surface area contributed by atoms with Crippen LogP contribution in [0.5, 0.6) is 5.75 Å². The third kappa shape index (κ3) is 4.52. The molecule has 0 atom stereocenters. The third-order valence-corrected chi connectivity index (χ3v) is 4.52. The molecular formula is C24H15N3O5. The Bertz CT molecular complexity index is 1380. The lowest BCUT2D eigenvalue weighted by atomic mass is 10.1. The first-order valence-electron chi connectivity index (χ1n) is 9.46. The number of pyridine rings is 2. The van der Waals surface area contributed by atoms with Gasteiger partial charge in [0.1, 0.15) is 12.4 Å². The molecule has 8 nitrogen and oxygen atoms in total. The maximum atomic E-state index is 11.7. The fraction of sp³-hybridized carbons (Fsp3) is 0.0417. The van der Waals surface area contributed by atoms with Gasteiger partial charge < -0.3 is 9.84 Å². The maximum Gasteiger partial charge on any atom is 0.354 e. The largest absolute Gasteiger partial charge is 0.488 e. The number of carboxylic acids is 1. The van der Waals surface area contributed by atoms with E-state index in [1.54, 1.807) is 30.6 Å². The zero-order valence-corrected chi connectivity index (χ0v) is 16.6. The number of ether oxygens (including phenoxy) is 1. The van der Waals surface area contributed by atoms with Crippen molar-refractivity contribution >= 4 is 22.6 Å². The lowest BCUT2D eigenvalue weighted by molar-refractivity contribution is -0.383. The van der Waals surface area contributed by atoms with E-state index in [9.17, 15) is 20.0 Å². The molecule has 0 aliphatic rings. The molecule has 2 heterocycles. The van der Waals surface area contributed by atoms with Gasteiger partial charge in [0.2, 0.25) is 0 Å². The minimum absolute atomic E-state index is 0.0788. The molecule has 0 saturated carbocycles. The van der Waals surface area contributed by atoms with Crippen molar-refractivity contribution in [2.75, 3.05) is 0 Å². The van der Waals surface area contributed by atoms with Gasteiger partial charge in [-0.3, -0.25) is 15.1 Å². The molecular weight excluding hydrogens is 410 g/mol. The molecule has 1 N–H and O–H groups in total. The predicted octanol–water partition coefficient (Wildman–Crippen LogP) is 4.22. The molecule has 4 aromatic rings. The third-order valence-electron chi connectivity index (χ3n) is 4.52. The van der Waals surface area contributed by atoms with Gasteiger partial charge in [0.05, 0.1) is 10.3 Å². The van der Waals surface area contributed by atoms with Crippen LogP contribution in [0.15, 0.2) is 73.1 Å². The first kappa shape index (κ1) is 20.5. The number of carboxylic acid groups (broad SMARTS) is 1. The first-order valence-corrected chi connectivity index (χ1v) is 9.46. The highest BCUT2D eigenvalue weighted by Gasteiger charge is 2.21. The van der Waals surface area contributed by atoms with E-state index in [0.717, 1.165) is 5.56 Å². The summed E-state index contributed by atoms with van der Waals surface area (Å²) in [5, 5.41) is 21.5. The Hall–Kier alpha value is -4.77. The molecule has 0 bridgehead atoms. The van der Waals surface area contributed by atoms with Gasteiger partial charge in [-0.15, -0.1) is 0 Å². The molecule has 2 aromatic heterocycles. The van der Waals surface area contributed by atoms with Gasteiger partial charge in [0, 0.05) is 35.7 Å². The summed E-state index contributed by atoms with van der Waals surface area (Å²) in [6.07, 6.45) is 3.20. The second-order valence-electron chi connectivity index (χ2n) is 6.73. The van der Waals surface area contributed by atoms with Crippen LogP contribution in [-0.4, -0.2) is 26.0 Å². The number of carbonyl (C=O) groups is 1. The van der Waals surface area contributed by atoms with E-state index in [1.165, 1.54) is 12.1 Å². The van der Waals surface area contributed by atoms with Crippen molar-refractivity contribution in [3.05, 3.63) is 106 Å². The summed E-state index contributed by atoms with van der Waals surface area (Å²) in [4.78, 5) is 30.7. The number of aromatic nitrogens is 2. The summed E-state index contributed by atoms with van der Waals surface area (Å²) >= 11 is 0. The zero-order chi connectivity index (χ0) is 22.5. The average Bonchev–Trinajstić information content (AvgIpc) is 2.81. The second-order valence-corrected chi connectivity index (χ2v) is 6.73. The molecule has 32 heavy (non-hydrogen) atoms. The van der Waals surface area contributed by atoms with Crippen LogP contribution in [-0.2, 0) is 6.61 Å². The molecule has 2 aromatic carbocycles. The molecule has 0 saturated heterocycles. The van der Waals surface area contributed by atoms with E-state index in [2.05, 4.69) is 21.8 Å². The highest BCUT2D eigenvalue weighted by molar-refractivity contribution is 5.97. The number of fused-ring (bicyclic) bond motifs is 1. The van der Waals surface area contributed by atoms with Gasteiger partial charge in [-0.2, -0.15) is 0 Å². The molecule has 0 aliphatic heterocycles. The van der Waals surface area contributed by atoms with Crippen molar-refractivity contribution in [2.24, 2.45) is 0 Å². The molecule has 0 radical (unpaired) electrons. The summed E-state index contributed by atoms with van der Waals surface area (Å²) in [6, 6.07) is 16.9. The van der Waals surface area contributed by atoms with E-state index < -0.39 is 10.9 Å². The van der Waals surface area contributed by atoms with Crippen LogP contribution in [0.1, 0.15) is 27.2 Å². The summed E-state index contributed by atoms with van der Waals surface area (Å²) in [5.74, 6) is 4.66. The highest BCUT2D eigenvalue weighted by atomic mass is 16.6. The number of rotatable bonds is 5. The van der Waals surface area contributed by atoms with Gasteiger partial charge in [0.25, 0.3) is 5.69 Å². The Labute approximate surface area is 182 Å². The lowest BCUT2D eigenvalue weighted by Crippen LogP contribution is -2.05. The molecule has 156 valence electrons. The minimum Gasteiger partial charge on any atom is -0.488 e. The van der Waals surface area contributed by atoms with E-state index in [-0.39, 0.29) is 29.3 Å². The fourth-order valence-corrected chi connectivity index (χ4v) is 3.04. The fourth-order valence-electron chi connectivity index (χ4n) is 3.04. The topological polar surface area (TPSA) is 115 Å². The van der Waals surface area contributed by atoms with E-state index in [4.69, 9.17) is 4.74 Å². The number of nitrogens with zero attached hydrogens (tertiary/aromatic N) is 3. The number of nitro benzene ring substituents is 1. The van der Waals surface area contributed by atoms with E-state index >= 15 is 0 Å². The van der Waals surface area contributed by atoms with Crippen LogP contribution in [0.3, 0.4) is 0 Å². The van der Waals surface area contributed by atoms with Crippen molar-refractivity contribution in [2.45, 2.75) is 6.61 Å². The summed E-state index contributed by atoms with van der Waals surface area (Å²) in [7, 11) is 0. The van der Waals surface area contributed by atoms with Gasteiger partial charge in [-0.1, -0.05) is 42.2 Å². The molecule has 0 unspecified atom stereocenters. The van der Waals surface area contributed by atoms with E-state index in [1.807, 2.05) is 30.3 Å². The lowest BCUT2D eigenvalue weighted by Gasteiger charge is -2.11. The minimum atomic E-state index is -1.31. The SMILES string of the molecule is O=C(O)c1cc(OCc2ccccc2)c2cc(C#Cc3cccnc3)cc([N+](=O)[O-])c2n1. The van der Waals surface area contributed by atoms with Crippen LogP contribution in [0.4, 0.5) is 5.69 Å². The number of benzene rings is 2. The molecule has 0 aliphatic carbocycles. The average molecular weight is 425 g/mol. The molecule has 0 spiro atoms.